The summed E-state index contributed by atoms with van der Waals surface area (Å²) in [6.07, 6.45) is 0. The number of carbonyl (C=O) groups is 2. The molecule has 0 aromatic rings. The molecule has 0 saturated heterocycles. The van der Waals surface area contributed by atoms with Crippen molar-refractivity contribution in [3.05, 3.63) is 0 Å². The Bertz CT molecular complexity index is 30.7. The van der Waals surface area contributed by atoms with Crippen LogP contribution in [0, 0.1) is 0 Å². The van der Waals surface area contributed by atoms with Crippen molar-refractivity contribution in [1.29, 1.82) is 0 Å². The molecule has 0 unspecified atom stereocenters. The van der Waals surface area contributed by atoms with Gasteiger partial charge in [0.05, 0.1) is 0 Å². The zero-order valence-electron chi connectivity index (χ0n) is 3.23. The van der Waals surface area contributed by atoms with Gasteiger partial charge in [0.2, 0.25) is 0 Å². The van der Waals surface area contributed by atoms with Crippen LogP contribution in [0.2, 0.25) is 0 Å². The Balaban J connectivity index is -0.0000000400. The fourth-order valence-electron chi connectivity index (χ4n) is 0. The molecule has 0 N–H and O–H groups in total. The summed E-state index contributed by atoms with van der Waals surface area (Å²) in [6, 6.07) is 0. The Hall–Kier alpha value is -0.476. The van der Waals surface area contributed by atoms with E-state index in [0.29, 0.717) is 0 Å². The van der Waals surface area contributed by atoms with Gasteiger partial charge in [-0.3, -0.25) is 0 Å². The van der Waals surface area contributed by atoms with Crippen molar-refractivity contribution in [3.8, 4) is 0 Å². The quantitative estimate of drug-likeness (QED) is 0.331. The van der Waals surface area contributed by atoms with Gasteiger partial charge in [-0.05, 0) is 0 Å². The summed E-state index contributed by atoms with van der Waals surface area (Å²) in [5.74, 6) is 0. The van der Waals surface area contributed by atoms with E-state index in [-0.39, 0.29) is 18.6 Å². The Morgan fingerprint density at radius 1 is 1.00 bits per heavy atom. The molecule has 0 aliphatic rings. The van der Waals surface area contributed by atoms with Crippen LogP contribution in [0.15, 0.2) is 0 Å². The maximum atomic E-state index is 8.25. The van der Waals surface area contributed by atoms with Gasteiger partial charge in [-0.2, -0.15) is 0 Å². The van der Waals surface area contributed by atoms with Gasteiger partial charge < -0.3 is 19.8 Å². The van der Waals surface area contributed by atoms with E-state index in [4.69, 9.17) is 19.8 Å². The summed E-state index contributed by atoms with van der Waals surface area (Å²) in [5, 5.41) is 16.5. The fraction of sp³-hybridized carbons (Fsp3) is 0. The first kappa shape index (κ1) is 16.0. The zero-order chi connectivity index (χ0) is 5.41. The number of rotatable bonds is 0. The van der Waals surface area contributed by atoms with E-state index < -0.39 is 12.9 Å². The average molecular weight is 141 g/mol. The summed E-state index contributed by atoms with van der Waals surface area (Å²) in [7, 11) is 0. The summed E-state index contributed by atoms with van der Waals surface area (Å²) in [6.45, 7) is -1.00. The molecule has 0 aromatic heterocycles. The van der Waals surface area contributed by atoms with Gasteiger partial charge in [0.1, 0.15) is 0 Å². The smallest absolute Gasteiger partial charge is 0.554 e. The summed E-state index contributed by atoms with van der Waals surface area (Å²) >= 11 is 0. The van der Waals surface area contributed by atoms with E-state index in [2.05, 4.69) is 0 Å². The van der Waals surface area contributed by atoms with Crippen LogP contribution in [0.4, 0.5) is 0 Å². The van der Waals surface area contributed by atoms with E-state index in [1.165, 1.54) is 0 Å². The fourth-order valence-corrected chi connectivity index (χ4v) is 0. The maximum Gasteiger partial charge on any atom is 2.00 e. The summed E-state index contributed by atoms with van der Waals surface area (Å²) < 4.78 is 0. The van der Waals surface area contributed by atoms with Gasteiger partial charge in [-0.1, -0.05) is 0 Å². The number of carboxylic acid groups (broad SMARTS) is 2. The van der Waals surface area contributed by atoms with Crippen LogP contribution in [0.25, 0.3) is 0 Å². The Kier molecular flexibility index (Phi) is 111. The normalized spacial score (nSPS) is 3.43. The predicted molar refractivity (Wildman–Crippen MR) is 12.1 cm³/mol. The number of hydrogen-bond donors (Lipinski definition) is 0. The van der Waals surface area contributed by atoms with Crippen LogP contribution in [-0.4, -0.2) is 12.9 Å². The second-order valence-electron chi connectivity index (χ2n) is 0.192. The topological polar surface area (TPSA) is 80.3 Å². The predicted octanol–water partition coefficient (Wildman–Crippen LogP) is -3.27. The van der Waals surface area contributed by atoms with Gasteiger partial charge in [-0.25, -0.2) is 0 Å². The van der Waals surface area contributed by atoms with Crippen LogP contribution in [0.5, 0.6) is 0 Å². The van der Waals surface area contributed by atoms with Crippen molar-refractivity contribution in [2.45, 2.75) is 0 Å². The molecule has 0 bridgehead atoms. The second-order valence-corrected chi connectivity index (χ2v) is 0.192. The van der Waals surface area contributed by atoms with E-state index in [1.54, 1.807) is 0 Å². The molecule has 1 radical (unpaired) electrons. The van der Waals surface area contributed by atoms with Crippen LogP contribution < -0.4 is 10.2 Å². The van der Waals surface area contributed by atoms with Gasteiger partial charge in [0.25, 0.3) is 0 Å². The average Bonchev–Trinajstić information content (AvgIpc) is 1.39. The van der Waals surface area contributed by atoms with E-state index in [1.807, 2.05) is 0 Å². The molecule has 0 saturated carbocycles. The molecule has 0 amide bonds. The largest absolute Gasteiger partial charge is 2.00 e. The van der Waals surface area contributed by atoms with Crippen molar-refractivity contribution >= 4 is 12.9 Å². The van der Waals surface area contributed by atoms with Crippen molar-refractivity contribution in [3.63, 3.8) is 0 Å². The number of carbonyl (C=O) groups excluding carboxylic acids is 2. The first-order valence-electron chi connectivity index (χ1n) is 0.943. The molecular weight excluding hydrogens is 139 g/mol. The van der Waals surface area contributed by atoms with E-state index in [0.717, 1.165) is 0 Å². The van der Waals surface area contributed by atoms with Gasteiger partial charge in [-0.15, -0.1) is 0 Å². The SMILES string of the molecule is O=C[O-].O=C[O-].[V+2]. The monoisotopic (exact) mass is 141 g/mol. The van der Waals surface area contributed by atoms with Crippen LogP contribution in [0.1, 0.15) is 0 Å². The molecule has 0 heterocycles. The molecule has 0 aromatic carbocycles. The molecule has 7 heavy (non-hydrogen) atoms. The Morgan fingerprint density at radius 3 is 1.00 bits per heavy atom. The van der Waals surface area contributed by atoms with E-state index >= 15 is 0 Å². The number of hydrogen-bond acceptors (Lipinski definition) is 4. The first-order chi connectivity index (χ1) is 2.83. The van der Waals surface area contributed by atoms with E-state index in [9.17, 15) is 0 Å². The first-order valence-corrected chi connectivity index (χ1v) is 0.943. The Morgan fingerprint density at radius 2 is 1.00 bits per heavy atom. The molecule has 4 nitrogen and oxygen atoms in total. The second kappa shape index (κ2) is 48.7. The summed E-state index contributed by atoms with van der Waals surface area (Å²) in [4.78, 5) is 16.5. The van der Waals surface area contributed by atoms with Crippen LogP contribution >= 0.6 is 0 Å². The summed E-state index contributed by atoms with van der Waals surface area (Å²) in [5.41, 5.74) is 0. The minimum atomic E-state index is -0.500. The molecule has 0 atom stereocenters. The van der Waals surface area contributed by atoms with Gasteiger partial charge in [0, 0.05) is 12.9 Å². The third kappa shape index (κ3) is 303. The van der Waals surface area contributed by atoms with Gasteiger partial charge >= 0.3 is 18.6 Å². The Labute approximate surface area is 52.0 Å². The molecule has 0 aliphatic carbocycles. The minimum Gasteiger partial charge on any atom is -0.554 e. The maximum absolute atomic E-state index is 8.25. The van der Waals surface area contributed by atoms with Crippen LogP contribution in [-0.2, 0) is 28.1 Å². The molecule has 0 rings (SSSR count). The molecule has 0 fully saturated rings. The van der Waals surface area contributed by atoms with Crippen molar-refractivity contribution in [2.75, 3.05) is 0 Å². The minimum absolute atomic E-state index is 0. The third-order valence-corrected chi connectivity index (χ3v) is 0. The zero-order valence-corrected chi connectivity index (χ0v) is 4.63. The standard InChI is InChI=1S/2CH2O2.V/c2*2-1-3;/h2*1H,(H,2,3);/q;;+2/p-2. The van der Waals surface area contributed by atoms with Crippen LogP contribution in [0.3, 0.4) is 0 Å². The molecule has 0 aliphatic heterocycles. The molecular formula is C2H2O4V. The molecule has 5 heteroatoms. The third-order valence-electron chi connectivity index (χ3n) is 0. The van der Waals surface area contributed by atoms with Crippen molar-refractivity contribution < 1.29 is 38.4 Å². The van der Waals surface area contributed by atoms with Crippen molar-refractivity contribution in [2.24, 2.45) is 0 Å². The van der Waals surface area contributed by atoms with Gasteiger partial charge in [0.15, 0.2) is 0 Å². The molecule has 0 spiro atoms. The molecule has 39 valence electrons. The van der Waals surface area contributed by atoms with Crippen molar-refractivity contribution in [1.82, 2.24) is 0 Å².